The minimum Gasteiger partial charge on any atom is -0.448 e. The topological polar surface area (TPSA) is 98.3 Å². The molecule has 0 saturated carbocycles. The van der Waals surface area contributed by atoms with Crippen LogP contribution in [0.2, 0.25) is 0 Å². The summed E-state index contributed by atoms with van der Waals surface area (Å²) in [7, 11) is 0. The fourth-order valence-electron chi connectivity index (χ4n) is 5.06. The Morgan fingerprint density at radius 1 is 0.944 bits per heavy atom. The van der Waals surface area contributed by atoms with E-state index in [0.29, 0.717) is 62.2 Å². The summed E-state index contributed by atoms with van der Waals surface area (Å²) in [5.41, 5.74) is 2.84. The van der Waals surface area contributed by atoms with Crippen molar-refractivity contribution in [1.82, 2.24) is 9.47 Å². The van der Waals surface area contributed by atoms with Crippen LogP contribution in [0.15, 0.2) is 53.5 Å². The summed E-state index contributed by atoms with van der Waals surface area (Å²) in [6, 6.07) is 13.4. The molecule has 0 spiro atoms. The standard InChI is InChI=1S/C26H30N5O5/c1-19-5-2-3-6-22(19)27-11-13-28(14-12-27)23-17-20-7-10-29(8-4-9-30-15-16-36-26(30)33)25(32)21(20)18-24(23)31(34)35/h2-3,5-7,10,17-18H,4,8-9,11-16H2,1H3,(H,34,35)/q+1. The first-order chi connectivity index (χ1) is 17.4. The molecular weight excluding hydrogens is 462 g/mol. The third-order valence-corrected chi connectivity index (χ3v) is 7.03. The van der Waals surface area contributed by atoms with E-state index in [-0.39, 0.29) is 22.3 Å². The molecule has 0 radical (unpaired) electrons. The summed E-state index contributed by atoms with van der Waals surface area (Å²) in [5, 5.41) is 11.0. The van der Waals surface area contributed by atoms with E-state index in [0.717, 1.165) is 13.1 Å². The van der Waals surface area contributed by atoms with Gasteiger partial charge in [-0.3, -0.25) is 4.79 Å². The molecule has 3 aromatic rings. The lowest BCUT2D eigenvalue weighted by Gasteiger charge is -2.37. The number of fused-ring (bicyclic) bond motifs is 1. The Morgan fingerprint density at radius 2 is 1.67 bits per heavy atom. The van der Waals surface area contributed by atoms with Crippen LogP contribution in [0, 0.1) is 11.8 Å². The summed E-state index contributed by atoms with van der Waals surface area (Å²) in [6.45, 7) is 6.90. The number of cyclic esters (lactones) is 1. The molecule has 188 valence electrons. The van der Waals surface area contributed by atoms with E-state index in [1.807, 2.05) is 18.2 Å². The van der Waals surface area contributed by atoms with Gasteiger partial charge in [-0.1, -0.05) is 18.2 Å². The molecule has 2 aliphatic rings. The molecule has 0 bridgehead atoms. The first-order valence-corrected chi connectivity index (χ1v) is 12.2. The third-order valence-electron chi connectivity index (χ3n) is 7.03. The molecule has 2 fully saturated rings. The molecule has 0 atom stereocenters. The van der Waals surface area contributed by atoms with Gasteiger partial charge in [0.15, 0.2) is 0 Å². The monoisotopic (exact) mass is 492 g/mol. The van der Waals surface area contributed by atoms with Crippen molar-refractivity contribution in [3.8, 4) is 0 Å². The summed E-state index contributed by atoms with van der Waals surface area (Å²) in [5.74, 6) is 0. The van der Waals surface area contributed by atoms with Gasteiger partial charge in [0.05, 0.1) is 16.8 Å². The SMILES string of the molecule is Cc1ccccc1N1CCN(c2cc3ccn(CCCN4CCOC4=O)c(=O)c3cc2[N+](=O)O)CC1. The van der Waals surface area contributed by atoms with Crippen molar-refractivity contribution in [1.29, 1.82) is 0 Å². The molecule has 2 aromatic carbocycles. The highest BCUT2D eigenvalue weighted by Crippen LogP contribution is 2.33. The second-order valence-electron chi connectivity index (χ2n) is 9.23. The number of piperazine rings is 1. The predicted molar refractivity (Wildman–Crippen MR) is 136 cm³/mol. The minimum absolute atomic E-state index is 0.0569. The number of hydrogen-bond acceptors (Lipinski definition) is 6. The molecule has 2 aliphatic heterocycles. The number of anilines is 2. The van der Waals surface area contributed by atoms with Crippen molar-refractivity contribution >= 4 is 33.9 Å². The summed E-state index contributed by atoms with van der Waals surface area (Å²) in [6.07, 6.45) is 2.02. The second kappa shape index (κ2) is 9.88. The van der Waals surface area contributed by atoms with Gasteiger partial charge in [-0.25, -0.2) is 10.0 Å². The molecule has 2 saturated heterocycles. The Labute approximate surface area is 208 Å². The van der Waals surface area contributed by atoms with Gasteiger partial charge in [0.1, 0.15) is 12.3 Å². The van der Waals surface area contributed by atoms with Crippen LogP contribution < -0.4 is 15.4 Å². The Hall–Kier alpha value is -4.08. The van der Waals surface area contributed by atoms with E-state index in [1.165, 1.54) is 17.3 Å². The number of nitrogens with zero attached hydrogens (tertiary/aromatic N) is 5. The van der Waals surface area contributed by atoms with Gasteiger partial charge < -0.3 is 24.0 Å². The fourth-order valence-corrected chi connectivity index (χ4v) is 5.06. The first kappa shape index (κ1) is 23.7. The van der Waals surface area contributed by atoms with Gasteiger partial charge >= 0.3 is 11.8 Å². The van der Waals surface area contributed by atoms with Crippen molar-refractivity contribution in [3.05, 3.63) is 69.5 Å². The van der Waals surface area contributed by atoms with Crippen LogP contribution in [0.1, 0.15) is 12.0 Å². The van der Waals surface area contributed by atoms with E-state index < -0.39 is 0 Å². The number of aromatic nitrogens is 1. The Bertz CT molecular complexity index is 1360. The van der Waals surface area contributed by atoms with Gasteiger partial charge in [0.2, 0.25) is 0 Å². The smallest absolute Gasteiger partial charge is 0.409 e. The van der Waals surface area contributed by atoms with Crippen LogP contribution in [-0.2, 0) is 11.3 Å². The van der Waals surface area contributed by atoms with Crippen LogP contribution in [-0.4, -0.2) is 71.6 Å². The number of aryl methyl sites for hydroxylation is 2. The highest BCUT2D eigenvalue weighted by atomic mass is 16.6. The van der Waals surface area contributed by atoms with Crippen molar-refractivity contribution in [2.45, 2.75) is 19.9 Å². The van der Waals surface area contributed by atoms with E-state index >= 15 is 0 Å². The van der Waals surface area contributed by atoms with E-state index in [4.69, 9.17) is 4.74 Å². The number of rotatable bonds is 7. The van der Waals surface area contributed by atoms with E-state index in [9.17, 15) is 19.7 Å². The first-order valence-electron chi connectivity index (χ1n) is 12.2. The zero-order chi connectivity index (χ0) is 25.2. The number of carbonyl (C=O) groups excluding carboxylic acids is 1. The van der Waals surface area contributed by atoms with Gasteiger partial charge in [-0.05, 0) is 42.5 Å². The lowest BCUT2D eigenvalue weighted by Crippen LogP contribution is -2.47. The van der Waals surface area contributed by atoms with Crippen LogP contribution in [0.5, 0.6) is 0 Å². The Kier molecular flexibility index (Phi) is 6.49. The summed E-state index contributed by atoms with van der Waals surface area (Å²) in [4.78, 5) is 42.7. The maximum Gasteiger partial charge on any atom is 0.409 e. The number of amides is 1. The molecule has 0 unspecified atom stereocenters. The molecule has 10 heteroatoms. The number of carbonyl (C=O) groups is 1. The lowest BCUT2D eigenvalue weighted by atomic mass is 10.1. The zero-order valence-electron chi connectivity index (χ0n) is 20.3. The molecule has 0 aliphatic carbocycles. The normalized spacial score (nSPS) is 16.0. The average Bonchev–Trinajstić information content (AvgIpc) is 3.29. The molecule has 10 nitrogen and oxygen atoms in total. The number of benzene rings is 2. The van der Waals surface area contributed by atoms with Gasteiger partial charge in [0.25, 0.3) is 10.5 Å². The number of hydrogen-bond donors (Lipinski definition) is 1. The number of ether oxygens (including phenoxy) is 1. The van der Waals surface area contributed by atoms with Crippen molar-refractivity contribution in [2.24, 2.45) is 0 Å². The van der Waals surface area contributed by atoms with Crippen LogP contribution in [0.25, 0.3) is 10.8 Å². The molecule has 36 heavy (non-hydrogen) atoms. The number of para-hydroxylation sites is 1. The quantitative estimate of drug-likeness (QED) is 0.506. The van der Waals surface area contributed by atoms with Crippen molar-refractivity contribution in [3.63, 3.8) is 0 Å². The van der Waals surface area contributed by atoms with Crippen LogP contribution in [0.3, 0.4) is 0 Å². The molecule has 1 aromatic heterocycles. The average molecular weight is 493 g/mol. The number of pyridine rings is 1. The largest absolute Gasteiger partial charge is 0.448 e. The Balaban J connectivity index is 1.35. The van der Waals surface area contributed by atoms with E-state index in [1.54, 1.807) is 21.7 Å². The van der Waals surface area contributed by atoms with Crippen molar-refractivity contribution < 1.29 is 19.7 Å². The second-order valence-corrected chi connectivity index (χ2v) is 9.23. The maximum absolute atomic E-state index is 13.1. The third kappa shape index (κ3) is 4.58. The molecule has 1 amide bonds. The Morgan fingerprint density at radius 3 is 2.33 bits per heavy atom. The predicted octanol–water partition coefficient (Wildman–Crippen LogP) is 3.28. The molecule has 3 heterocycles. The summed E-state index contributed by atoms with van der Waals surface area (Å²) < 4.78 is 6.50. The zero-order valence-corrected chi connectivity index (χ0v) is 20.3. The highest BCUT2D eigenvalue weighted by Gasteiger charge is 2.28. The van der Waals surface area contributed by atoms with E-state index in [2.05, 4.69) is 28.9 Å². The van der Waals surface area contributed by atoms with Crippen LogP contribution in [0.4, 0.5) is 21.9 Å². The minimum atomic E-state index is -0.323. The molecule has 1 N–H and O–H groups in total. The van der Waals surface area contributed by atoms with Gasteiger partial charge in [0, 0.05) is 57.2 Å². The van der Waals surface area contributed by atoms with Crippen LogP contribution >= 0.6 is 0 Å². The summed E-state index contributed by atoms with van der Waals surface area (Å²) >= 11 is 0. The molecular formula is C26H30N5O5+. The fraction of sp³-hybridized carbons (Fsp3) is 0.385. The highest BCUT2D eigenvalue weighted by molar-refractivity contribution is 5.90. The van der Waals surface area contributed by atoms with Gasteiger partial charge in [-0.2, -0.15) is 0 Å². The van der Waals surface area contributed by atoms with Crippen molar-refractivity contribution in [2.75, 3.05) is 55.7 Å². The molecule has 5 rings (SSSR count). The maximum atomic E-state index is 13.1. The van der Waals surface area contributed by atoms with Gasteiger partial charge in [-0.15, -0.1) is 0 Å². The lowest BCUT2D eigenvalue weighted by molar-refractivity contribution is -0.729.